The van der Waals surface area contributed by atoms with E-state index in [0.717, 1.165) is 25.2 Å². The van der Waals surface area contributed by atoms with Crippen LogP contribution in [0.2, 0.25) is 0 Å². The lowest BCUT2D eigenvalue weighted by Gasteiger charge is -2.15. The van der Waals surface area contributed by atoms with Crippen molar-refractivity contribution in [3.05, 3.63) is 53.7 Å². The molecular weight excluding hydrogens is 272 g/mol. The van der Waals surface area contributed by atoms with Gasteiger partial charge in [0.05, 0.1) is 12.0 Å². The average molecular weight is 296 g/mol. The number of para-hydroxylation sites is 1. The van der Waals surface area contributed by atoms with Crippen LogP contribution in [0.5, 0.6) is 0 Å². The van der Waals surface area contributed by atoms with Gasteiger partial charge in [-0.15, -0.1) is 0 Å². The smallest absolute Gasteiger partial charge is 0.0951 e. The SMILES string of the molecule is Cc1ncn(C[C@@H](C)NCCc2c[nH]c3ccccc23)c1C. The van der Waals surface area contributed by atoms with E-state index in [-0.39, 0.29) is 0 Å². The van der Waals surface area contributed by atoms with Crippen molar-refractivity contribution < 1.29 is 0 Å². The molecule has 1 atom stereocenters. The first-order chi connectivity index (χ1) is 10.6. The lowest BCUT2D eigenvalue weighted by molar-refractivity contribution is 0.475. The molecule has 0 aliphatic carbocycles. The van der Waals surface area contributed by atoms with Crippen LogP contribution in [0.15, 0.2) is 36.8 Å². The molecule has 0 fully saturated rings. The zero-order valence-electron chi connectivity index (χ0n) is 13.6. The summed E-state index contributed by atoms with van der Waals surface area (Å²) in [5, 5.41) is 4.94. The summed E-state index contributed by atoms with van der Waals surface area (Å²) in [6.45, 7) is 8.35. The van der Waals surface area contributed by atoms with E-state index >= 15 is 0 Å². The van der Waals surface area contributed by atoms with Gasteiger partial charge < -0.3 is 14.9 Å². The number of aromatic amines is 1. The molecule has 0 amide bonds. The van der Waals surface area contributed by atoms with Crippen molar-refractivity contribution in [2.24, 2.45) is 0 Å². The van der Waals surface area contributed by atoms with E-state index < -0.39 is 0 Å². The minimum atomic E-state index is 0.428. The largest absolute Gasteiger partial charge is 0.361 e. The van der Waals surface area contributed by atoms with E-state index in [1.807, 2.05) is 6.33 Å². The Morgan fingerprint density at radius 1 is 1.27 bits per heavy atom. The van der Waals surface area contributed by atoms with Gasteiger partial charge in [0.15, 0.2) is 0 Å². The molecular formula is C18H24N4. The number of nitrogens with one attached hydrogen (secondary N) is 2. The molecule has 1 aromatic carbocycles. The number of benzene rings is 1. The van der Waals surface area contributed by atoms with Crippen molar-refractivity contribution >= 4 is 10.9 Å². The third-order valence-corrected chi connectivity index (χ3v) is 4.38. The van der Waals surface area contributed by atoms with Gasteiger partial charge in [-0.1, -0.05) is 18.2 Å². The average Bonchev–Trinajstić information content (AvgIpc) is 3.06. The Balaban J connectivity index is 1.53. The fourth-order valence-electron chi connectivity index (χ4n) is 2.88. The zero-order valence-corrected chi connectivity index (χ0v) is 13.6. The summed E-state index contributed by atoms with van der Waals surface area (Å²) in [5.74, 6) is 0. The van der Waals surface area contributed by atoms with Gasteiger partial charge in [0.1, 0.15) is 0 Å². The summed E-state index contributed by atoms with van der Waals surface area (Å²) in [7, 11) is 0. The standard InChI is InChI=1S/C18H24N4/c1-13(11-22-12-21-14(2)15(22)3)19-9-8-16-10-20-18-7-5-4-6-17(16)18/h4-7,10,12-13,19-20H,8-9,11H2,1-3H3/t13-/m1/s1. The van der Waals surface area contributed by atoms with Gasteiger partial charge in [-0.05, 0) is 45.4 Å². The Morgan fingerprint density at radius 3 is 2.86 bits per heavy atom. The van der Waals surface area contributed by atoms with Crippen LogP contribution in [0.4, 0.5) is 0 Å². The van der Waals surface area contributed by atoms with Crippen LogP contribution in [0.3, 0.4) is 0 Å². The summed E-state index contributed by atoms with van der Waals surface area (Å²) in [6.07, 6.45) is 5.10. The Hall–Kier alpha value is -2.07. The second-order valence-electron chi connectivity index (χ2n) is 6.03. The number of nitrogens with zero attached hydrogens (tertiary/aromatic N) is 2. The van der Waals surface area contributed by atoms with E-state index in [4.69, 9.17) is 0 Å². The van der Waals surface area contributed by atoms with Crippen LogP contribution in [-0.4, -0.2) is 27.1 Å². The maximum atomic E-state index is 4.36. The Morgan fingerprint density at radius 2 is 2.09 bits per heavy atom. The van der Waals surface area contributed by atoms with E-state index in [1.165, 1.54) is 22.2 Å². The number of hydrogen-bond acceptors (Lipinski definition) is 2. The highest BCUT2D eigenvalue weighted by Crippen LogP contribution is 2.17. The van der Waals surface area contributed by atoms with Crippen molar-refractivity contribution in [3.8, 4) is 0 Å². The number of hydrogen-bond donors (Lipinski definition) is 2. The first-order valence-corrected chi connectivity index (χ1v) is 7.92. The lowest BCUT2D eigenvalue weighted by atomic mass is 10.1. The van der Waals surface area contributed by atoms with Gasteiger partial charge in [0, 0.05) is 35.4 Å². The molecule has 0 saturated carbocycles. The third-order valence-electron chi connectivity index (χ3n) is 4.38. The summed E-state index contributed by atoms with van der Waals surface area (Å²) < 4.78 is 2.22. The topological polar surface area (TPSA) is 45.6 Å². The molecule has 2 aromatic heterocycles. The van der Waals surface area contributed by atoms with Gasteiger partial charge in [0.2, 0.25) is 0 Å². The lowest BCUT2D eigenvalue weighted by Crippen LogP contribution is -2.32. The molecule has 116 valence electrons. The number of imidazole rings is 1. The first-order valence-electron chi connectivity index (χ1n) is 7.92. The normalized spacial score (nSPS) is 12.9. The molecule has 4 nitrogen and oxygen atoms in total. The van der Waals surface area contributed by atoms with Crippen molar-refractivity contribution in [1.29, 1.82) is 0 Å². The van der Waals surface area contributed by atoms with Crippen LogP contribution >= 0.6 is 0 Å². The summed E-state index contributed by atoms with van der Waals surface area (Å²) in [5.41, 5.74) is 4.97. The number of fused-ring (bicyclic) bond motifs is 1. The van der Waals surface area contributed by atoms with Crippen molar-refractivity contribution in [2.75, 3.05) is 6.54 Å². The fraction of sp³-hybridized carbons (Fsp3) is 0.389. The molecule has 2 heterocycles. The zero-order chi connectivity index (χ0) is 15.5. The number of rotatable bonds is 6. The summed E-state index contributed by atoms with van der Waals surface area (Å²) in [4.78, 5) is 7.69. The molecule has 2 N–H and O–H groups in total. The molecule has 0 radical (unpaired) electrons. The Kier molecular flexibility index (Phi) is 4.29. The molecule has 3 aromatic rings. The molecule has 22 heavy (non-hydrogen) atoms. The summed E-state index contributed by atoms with van der Waals surface area (Å²) in [6, 6.07) is 8.90. The number of aryl methyl sites for hydroxylation is 1. The molecule has 3 rings (SSSR count). The van der Waals surface area contributed by atoms with Crippen molar-refractivity contribution in [1.82, 2.24) is 19.9 Å². The van der Waals surface area contributed by atoms with Crippen molar-refractivity contribution in [2.45, 2.75) is 39.8 Å². The predicted molar refractivity (Wildman–Crippen MR) is 91.2 cm³/mol. The molecule has 0 unspecified atom stereocenters. The molecule has 4 heteroatoms. The van der Waals surface area contributed by atoms with E-state index in [9.17, 15) is 0 Å². The molecule has 0 spiro atoms. The third kappa shape index (κ3) is 3.07. The molecule has 0 aliphatic rings. The van der Waals surface area contributed by atoms with Crippen molar-refractivity contribution in [3.63, 3.8) is 0 Å². The quantitative estimate of drug-likeness (QED) is 0.734. The molecule has 0 aliphatic heterocycles. The highest BCUT2D eigenvalue weighted by atomic mass is 15.1. The van der Waals surface area contributed by atoms with Crippen LogP contribution in [0.1, 0.15) is 23.9 Å². The number of aromatic nitrogens is 3. The van der Waals surface area contributed by atoms with Gasteiger partial charge in [-0.3, -0.25) is 0 Å². The van der Waals surface area contributed by atoms with Gasteiger partial charge in [-0.2, -0.15) is 0 Å². The van der Waals surface area contributed by atoms with Crippen LogP contribution in [0, 0.1) is 13.8 Å². The van der Waals surface area contributed by atoms with E-state index in [2.05, 4.69) is 71.1 Å². The van der Waals surface area contributed by atoms with Crippen LogP contribution in [-0.2, 0) is 13.0 Å². The predicted octanol–water partition coefficient (Wildman–Crippen LogP) is 3.20. The van der Waals surface area contributed by atoms with Gasteiger partial charge >= 0.3 is 0 Å². The van der Waals surface area contributed by atoms with Gasteiger partial charge in [0.25, 0.3) is 0 Å². The van der Waals surface area contributed by atoms with Gasteiger partial charge in [-0.25, -0.2) is 4.98 Å². The fourth-order valence-corrected chi connectivity index (χ4v) is 2.88. The summed E-state index contributed by atoms with van der Waals surface area (Å²) >= 11 is 0. The van der Waals surface area contributed by atoms with E-state index in [1.54, 1.807) is 0 Å². The Labute approximate surface area is 131 Å². The Bertz CT molecular complexity index is 753. The maximum Gasteiger partial charge on any atom is 0.0951 e. The highest BCUT2D eigenvalue weighted by Gasteiger charge is 2.07. The maximum absolute atomic E-state index is 4.36. The molecule has 0 bridgehead atoms. The molecule has 0 saturated heterocycles. The monoisotopic (exact) mass is 296 g/mol. The van der Waals surface area contributed by atoms with E-state index in [0.29, 0.717) is 6.04 Å². The van der Waals surface area contributed by atoms with Crippen LogP contribution in [0.25, 0.3) is 10.9 Å². The second kappa shape index (κ2) is 6.36. The number of H-pyrrole nitrogens is 1. The highest BCUT2D eigenvalue weighted by molar-refractivity contribution is 5.83. The first kappa shape index (κ1) is 14.9. The van der Waals surface area contributed by atoms with Crippen LogP contribution < -0.4 is 5.32 Å². The minimum absolute atomic E-state index is 0.428. The second-order valence-corrected chi connectivity index (χ2v) is 6.03. The minimum Gasteiger partial charge on any atom is -0.361 e.